The van der Waals surface area contributed by atoms with Crippen LogP contribution in [0.4, 0.5) is 14.5 Å². The number of hydrogen-bond donors (Lipinski definition) is 1. The second-order valence-electron chi connectivity index (χ2n) is 5.64. The summed E-state index contributed by atoms with van der Waals surface area (Å²) in [5.74, 6) is -1.08. The SMILES string of the molecule is Cc1ccccc1-c1nnc(SCC(=O)Nc2cc(F)ccc2F)n1C. The van der Waals surface area contributed by atoms with Crippen LogP contribution in [0.5, 0.6) is 0 Å². The maximum atomic E-state index is 13.6. The van der Waals surface area contributed by atoms with Gasteiger partial charge in [0, 0.05) is 18.7 Å². The zero-order chi connectivity index (χ0) is 18.7. The summed E-state index contributed by atoms with van der Waals surface area (Å²) in [5, 5.41) is 11.2. The van der Waals surface area contributed by atoms with E-state index in [1.54, 1.807) is 4.57 Å². The smallest absolute Gasteiger partial charge is 0.234 e. The molecule has 5 nitrogen and oxygen atoms in total. The molecule has 0 aliphatic heterocycles. The van der Waals surface area contributed by atoms with Gasteiger partial charge in [0.25, 0.3) is 0 Å². The van der Waals surface area contributed by atoms with E-state index in [9.17, 15) is 13.6 Å². The summed E-state index contributed by atoms with van der Waals surface area (Å²) in [4.78, 5) is 12.0. The normalized spacial score (nSPS) is 10.8. The first-order valence-corrected chi connectivity index (χ1v) is 8.77. The summed E-state index contributed by atoms with van der Waals surface area (Å²) in [6.07, 6.45) is 0. The third kappa shape index (κ3) is 3.91. The molecule has 134 valence electrons. The number of thioether (sulfide) groups is 1. The zero-order valence-electron chi connectivity index (χ0n) is 14.2. The topological polar surface area (TPSA) is 59.8 Å². The minimum absolute atomic E-state index is 0.00427. The van der Waals surface area contributed by atoms with Gasteiger partial charge < -0.3 is 9.88 Å². The molecule has 1 aromatic heterocycles. The summed E-state index contributed by atoms with van der Waals surface area (Å²) in [6, 6.07) is 10.7. The number of aryl methyl sites for hydroxylation is 1. The zero-order valence-corrected chi connectivity index (χ0v) is 15.0. The van der Waals surface area contributed by atoms with E-state index in [1.807, 2.05) is 38.2 Å². The number of amides is 1. The molecular weight excluding hydrogens is 358 g/mol. The molecule has 0 saturated heterocycles. The molecule has 0 fully saturated rings. The molecule has 0 aliphatic carbocycles. The number of anilines is 1. The summed E-state index contributed by atoms with van der Waals surface area (Å²) < 4.78 is 28.5. The van der Waals surface area contributed by atoms with Crippen molar-refractivity contribution in [1.29, 1.82) is 0 Å². The number of nitrogens with one attached hydrogen (secondary N) is 1. The Kier molecular flexibility index (Phi) is 5.32. The highest BCUT2D eigenvalue weighted by atomic mass is 32.2. The van der Waals surface area contributed by atoms with E-state index in [-0.39, 0.29) is 11.4 Å². The molecule has 0 aliphatic rings. The summed E-state index contributed by atoms with van der Waals surface area (Å²) >= 11 is 1.17. The number of carbonyl (C=O) groups excluding carboxylic acids is 1. The fraction of sp³-hybridized carbons (Fsp3) is 0.167. The number of aromatic nitrogens is 3. The van der Waals surface area contributed by atoms with E-state index in [4.69, 9.17) is 0 Å². The molecule has 2 aromatic carbocycles. The maximum Gasteiger partial charge on any atom is 0.234 e. The number of benzene rings is 2. The standard InChI is InChI=1S/C18H16F2N4OS/c1-11-5-3-4-6-13(11)17-22-23-18(24(17)2)26-10-16(25)21-15-9-12(19)7-8-14(15)20/h3-9H,10H2,1-2H3,(H,21,25). The van der Waals surface area contributed by atoms with Crippen LogP contribution in [0.15, 0.2) is 47.6 Å². The average Bonchev–Trinajstić information content (AvgIpc) is 2.97. The molecule has 0 bridgehead atoms. The summed E-state index contributed by atoms with van der Waals surface area (Å²) in [6.45, 7) is 1.98. The van der Waals surface area contributed by atoms with Crippen LogP contribution in [0.2, 0.25) is 0 Å². The summed E-state index contributed by atoms with van der Waals surface area (Å²) in [5.41, 5.74) is 1.84. The number of halogens is 2. The lowest BCUT2D eigenvalue weighted by atomic mass is 10.1. The van der Waals surface area contributed by atoms with Crippen LogP contribution in [0, 0.1) is 18.6 Å². The first kappa shape index (κ1) is 18.1. The summed E-state index contributed by atoms with van der Waals surface area (Å²) in [7, 11) is 1.81. The molecule has 26 heavy (non-hydrogen) atoms. The lowest BCUT2D eigenvalue weighted by Gasteiger charge is -2.07. The van der Waals surface area contributed by atoms with Crippen LogP contribution in [0.25, 0.3) is 11.4 Å². The second kappa shape index (κ2) is 7.65. The quantitative estimate of drug-likeness (QED) is 0.690. The van der Waals surface area contributed by atoms with Crippen molar-refractivity contribution in [3.63, 3.8) is 0 Å². The molecule has 0 atom stereocenters. The van der Waals surface area contributed by atoms with Crippen molar-refractivity contribution in [2.24, 2.45) is 7.05 Å². The van der Waals surface area contributed by atoms with Gasteiger partial charge in [0.1, 0.15) is 11.6 Å². The Balaban J connectivity index is 1.68. The van der Waals surface area contributed by atoms with Crippen molar-refractivity contribution in [3.05, 3.63) is 59.7 Å². The van der Waals surface area contributed by atoms with Crippen molar-refractivity contribution in [2.75, 3.05) is 11.1 Å². The van der Waals surface area contributed by atoms with Crippen molar-refractivity contribution in [1.82, 2.24) is 14.8 Å². The fourth-order valence-electron chi connectivity index (χ4n) is 2.41. The molecule has 0 radical (unpaired) electrons. The van der Waals surface area contributed by atoms with Gasteiger partial charge in [-0.3, -0.25) is 4.79 Å². The fourth-order valence-corrected chi connectivity index (χ4v) is 3.12. The maximum absolute atomic E-state index is 13.6. The Labute approximate surface area is 153 Å². The molecule has 1 amide bonds. The van der Waals surface area contributed by atoms with E-state index in [0.717, 1.165) is 29.3 Å². The largest absolute Gasteiger partial charge is 0.323 e. The monoisotopic (exact) mass is 374 g/mol. The van der Waals surface area contributed by atoms with Gasteiger partial charge >= 0.3 is 0 Å². The first-order valence-electron chi connectivity index (χ1n) is 7.79. The molecule has 0 spiro atoms. The minimum atomic E-state index is -0.690. The lowest BCUT2D eigenvalue weighted by molar-refractivity contribution is -0.113. The molecule has 8 heteroatoms. The van der Waals surface area contributed by atoms with Gasteiger partial charge in [0.2, 0.25) is 5.91 Å². The molecule has 0 unspecified atom stereocenters. The van der Waals surface area contributed by atoms with Crippen LogP contribution in [-0.2, 0) is 11.8 Å². The van der Waals surface area contributed by atoms with Gasteiger partial charge in [0.05, 0.1) is 11.4 Å². The van der Waals surface area contributed by atoms with Gasteiger partial charge in [-0.05, 0) is 24.6 Å². The Hall–Kier alpha value is -2.74. The molecular formula is C18H16F2N4OS. The van der Waals surface area contributed by atoms with Crippen LogP contribution in [0.1, 0.15) is 5.56 Å². The van der Waals surface area contributed by atoms with Crippen LogP contribution in [-0.4, -0.2) is 26.4 Å². The highest BCUT2D eigenvalue weighted by Crippen LogP contribution is 2.25. The molecule has 3 aromatic rings. The van der Waals surface area contributed by atoms with Gasteiger partial charge in [-0.25, -0.2) is 8.78 Å². The van der Waals surface area contributed by atoms with E-state index < -0.39 is 17.5 Å². The van der Waals surface area contributed by atoms with Crippen molar-refractivity contribution >= 4 is 23.4 Å². The van der Waals surface area contributed by atoms with Gasteiger partial charge in [-0.1, -0.05) is 36.0 Å². The van der Waals surface area contributed by atoms with Crippen LogP contribution < -0.4 is 5.32 Å². The Morgan fingerprint density at radius 1 is 1.19 bits per heavy atom. The van der Waals surface area contributed by atoms with Gasteiger partial charge in [-0.2, -0.15) is 0 Å². The van der Waals surface area contributed by atoms with Crippen LogP contribution >= 0.6 is 11.8 Å². The molecule has 1 N–H and O–H groups in total. The predicted molar refractivity (Wildman–Crippen MR) is 96.9 cm³/mol. The van der Waals surface area contributed by atoms with E-state index >= 15 is 0 Å². The molecule has 1 heterocycles. The first-order chi connectivity index (χ1) is 12.5. The van der Waals surface area contributed by atoms with Crippen LogP contribution in [0.3, 0.4) is 0 Å². The van der Waals surface area contributed by atoms with Crippen molar-refractivity contribution < 1.29 is 13.6 Å². The average molecular weight is 374 g/mol. The van der Waals surface area contributed by atoms with Crippen molar-refractivity contribution in [3.8, 4) is 11.4 Å². The predicted octanol–water partition coefficient (Wildman–Crippen LogP) is 3.80. The number of carbonyl (C=O) groups is 1. The number of hydrogen-bond acceptors (Lipinski definition) is 4. The third-order valence-electron chi connectivity index (χ3n) is 3.76. The molecule has 0 saturated carbocycles. The Morgan fingerprint density at radius 3 is 2.73 bits per heavy atom. The Bertz CT molecular complexity index is 958. The van der Waals surface area contributed by atoms with Gasteiger partial charge in [0.15, 0.2) is 11.0 Å². The second-order valence-corrected chi connectivity index (χ2v) is 6.58. The van der Waals surface area contributed by atoms with E-state index in [2.05, 4.69) is 15.5 Å². The number of rotatable bonds is 5. The van der Waals surface area contributed by atoms with E-state index in [1.165, 1.54) is 11.8 Å². The lowest BCUT2D eigenvalue weighted by Crippen LogP contribution is -2.15. The highest BCUT2D eigenvalue weighted by Gasteiger charge is 2.15. The minimum Gasteiger partial charge on any atom is -0.323 e. The molecule has 3 rings (SSSR count). The highest BCUT2D eigenvalue weighted by molar-refractivity contribution is 7.99. The third-order valence-corrected chi connectivity index (χ3v) is 4.78. The Morgan fingerprint density at radius 2 is 1.96 bits per heavy atom. The van der Waals surface area contributed by atoms with Crippen molar-refractivity contribution in [2.45, 2.75) is 12.1 Å². The number of nitrogens with zero attached hydrogens (tertiary/aromatic N) is 3. The van der Waals surface area contributed by atoms with E-state index in [0.29, 0.717) is 11.0 Å². The van der Waals surface area contributed by atoms with Gasteiger partial charge in [-0.15, -0.1) is 10.2 Å².